The van der Waals surface area contributed by atoms with Gasteiger partial charge in [0.05, 0.1) is 27.7 Å². The van der Waals surface area contributed by atoms with Gasteiger partial charge in [-0.05, 0) is 135 Å². The van der Waals surface area contributed by atoms with Crippen molar-refractivity contribution in [1.29, 1.82) is 0 Å². The zero-order valence-corrected chi connectivity index (χ0v) is 67.2. The van der Waals surface area contributed by atoms with E-state index in [1.165, 1.54) is 154 Å². The van der Waals surface area contributed by atoms with Crippen LogP contribution >= 0.6 is 7.82 Å². The Balaban J connectivity index is 4.03. The van der Waals surface area contributed by atoms with E-state index in [4.69, 9.17) is 18.5 Å². The van der Waals surface area contributed by atoms with E-state index in [-0.39, 0.29) is 32.0 Å². The number of quaternary nitrogens is 1. The Morgan fingerprint density at radius 2 is 0.529 bits per heavy atom. The number of allylic oxidation sites excluding steroid dienone is 30. The molecule has 0 aliphatic rings. The Labute approximate surface area is 629 Å². The standard InChI is InChI=1S/C92H154NO8P/c1-6-8-10-12-14-16-18-20-22-24-26-28-30-32-34-36-38-40-42-44-46-48-50-52-54-56-58-60-62-64-66-68-70-72-74-76-78-80-82-84-91(94)98-88-90(89-100-102(96,97)99-87-86-93(3,4)5)101-92(95)85-83-81-79-77-75-73-71-69-67-65-63-61-59-57-55-53-51-49-47-45-43-41-39-37-35-33-31-29-27-25-23-21-19-17-15-13-11-9-7-2/h8-11,14-17,20-23,26-29,33,35,39,41,45,47,51,53,57,59,63,65,69,71,90H,6-7,12-13,18-19,24-25,30-32,34,36-38,40,42-44,46,48-50,52,54-56,58,60-62,64,66-68,70,72-89H2,1-5H3/p+1/b10-8-,11-9-,16-14-,17-15-,22-20-,23-21-,28-26-,29-27-,35-33-,41-39-,47-45-,53-51-,59-57-,65-63-,71-69-. The molecule has 2 unspecified atom stereocenters. The van der Waals surface area contributed by atoms with Gasteiger partial charge >= 0.3 is 19.8 Å². The van der Waals surface area contributed by atoms with Crippen LogP contribution in [-0.4, -0.2) is 74.9 Å². The van der Waals surface area contributed by atoms with Crippen LogP contribution in [0, 0.1) is 0 Å². The number of carbonyl (C=O) groups excluding carboxylic acids is 2. The van der Waals surface area contributed by atoms with Crippen LogP contribution in [0.2, 0.25) is 0 Å². The van der Waals surface area contributed by atoms with Gasteiger partial charge in [0.15, 0.2) is 6.10 Å². The molecule has 0 aromatic carbocycles. The van der Waals surface area contributed by atoms with Crippen molar-refractivity contribution in [2.45, 2.75) is 341 Å². The number of rotatable bonds is 75. The number of unbranched alkanes of at least 4 members (excludes halogenated alkanes) is 31. The first-order valence-corrected chi connectivity index (χ1v) is 43.0. The van der Waals surface area contributed by atoms with E-state index in [0.29, 0.717) is 17.4 Å². The summed E-state index contributed by atoms with van der Waals surface area (Å²) in [4.78, 5) is 36.0. The quantitative estimate of drug-likeness (QED) is 0.0211. The van der Waals surface area contributed by atoms with Crippen LogP contribution in [0.1, 0.15) is 335 Å². The fourth-order valence-electron chi connectivity index (χ4n) is 11.2. The molecule has 1 N–H and O–H groups in total. The molecule has 9 nitrogen and oxygen atoms in total. The fourth-order valence-corrected chi connectivity index (χ4v) is 11.9. The number of hydrogen-bond acceptors (Lipinski definition) is 7. The Kier molecular flexibility index (Phi) is 76.4. The van der Waals surface area contributed by atoms with Crippen LogP contribution in [-0.2, 0) is 32.7 Å². The fraction of sp³-hybridized carbons (Fsp3) is 0.652. The van der Waals surface area contributed by atoms with Gasteiger partial charge in [-0.15, -0.1) is 0 Å². The zero-order chi connectivity index (χ0) is 74.0. The molecule has 2 atom stereocenters. The van der Waals surface area contributed by atoms with Gasteiger partial charge in [-0.25, -0.2) is 4.57 Å². The number of phosphoric ester groups is 1. The molecular weight excluding hydrogens is 1280 g/mol. The lowest BCUT2D eigenvalue weighted by Crippen LogP contribution is -2.37. The maximum atomic E-state index is 12.9. The highest BCUT2D eigenvalue weighted by Gasteiger charge is 2.27. The van der Waals surface area contributed by atoms with E-state index in [9.17, 15) is 19.0 Å². The minimum atomic E-state index is -4.41. The maximum Gasteiger partial charge on any atom is 0.472 e. The normalized spacial score (nSPS) is 14.0. The van der Waals surface area contributed by atoms with Crippen molar-refractivity contribution in [1.82, 2.24) is 0 Å². The topological polar surface area (TPSA) is 108 Å². The van der Waals surface area contributed by atoms with Gasteiger partial charge in [0.25, 0.3) is 0 Å². The number of likely N-dealkylation sites (N-methyl/N-ethyl adjacent to an activating group) is 1. The molecule has 0 aliphatic carbocycles. The predicted octanol–water partition coefficient (Wildman–Crippen LogP) is 28.2. The lowest BCUT2D eigenvalue weighted by Gasteiger charge is -2.24. The van der Waals surface area contributed by atoms with E-state index < -0.39 is 26.5 Å². The minimum absolute atomic E-state index is 0.0206. The van der Waals surface area contributed by atoms with Crippen LogP contribution in [0.3, 0.4) is 0 Å². The van der Waals surface area contributed by atoms with Crippen LogP contribution in [0.5, 0.6) is 0 Å². The van der Waals surface area contributed by atoms with Crippen molar-refractivity contribution in [2.75, 3.05) is 47.5 Å². The second-order valence-electron chi connectivity index (χ2n) is 28.4. The molecule has 102 heavy (non-hydrogen) atoms. The van der Waals surface area contributed by atoms with E-state index >= 15 is 0 Å². The van der Waals surface area contributed by atoms with Crippen LogP contribution in [0.4, 0.5) is 0 Å². The largest absolute Gasteiger partial charge is 0.472 e. The summed E-state index contributed by atoms with van der Waals surface area (Å²) in [6.45, 7) is 4.20. The summed E-state index contributed by atoms with van der Waals surface area (Å²) in [5.74, 6) is -0.819. The third-order valence-electron chi connectivity index (χ3n) is 17.4. The van der Waals surface area contributed by atoms with Crippen molar-refractivity contribution in [3.8, 4) is 0 Å². The van der Waals surface area contributed by atoms with Crippen LogP contribution in [0.15, 0.2) is 182 Å². The highest BCUT2D eigenvalue weighted by atomic mass is 31.2. The summed E-state index contributed by atoms with van der Waals surface area (Å²) < 4.78 is 34.8. The lowest BCUT2D eigenvalue weighted by atomic mass is 10.0. The molecule has 0 aromatic rings. The average molecular weight is 1430 g/mol. The lowest BCUT2D eigenvalue weighted by molar-refractivity contribution is -0.870. The molecule has 0 heterocycles. The predicted molar refractivity (Wildman–Crippen MR) is 445 cm³/mol. The summed E-state index contributed by atoms with van der Waals surface area (Å²) in [6.07, 6.45) is 123. The van der Waals surface area contributed by atoms with Gasteiger partial charge in [-0.2, -0.15) is 0 Å². The minimum Gasteiger partial charge on any atom is -0.462 e. The first-order valence-electron chi connectivity index (χ1n) is 41.5. The first-order chi connectivity index (χ1) is 50.0. The van der Waals surface area contributed by atoms with Gasteiger partial charge in [0.1, 0.15) is 19.8 Å². The smallest absolute Gasteiger partial charge is 0.462 e. The average Bonchev–Trinajstić information content (AvgIpc) is 0.914. The molecule has 580 valence electrons. The van der Waals surface area contributed by atoms with Crippen LogP contribution in [0.25, 0.3) is 0 Å². The molecule has 0 fully saturated rings. The number of esters is 2. The Hall–Kier alpha value is -4.89. The summed E-state index contributed by atoms with van der Waals surface area (Å²) >= 11 is 0. The van der Waals surface area contributed by atoms with Crippen LogP contribution < -0.4 is 0 Å². The number of nitrogens with zero attached hydrogens (tertiary/aromatic N) is 1. The van der Waals surface area contributed by atoms with Crippen molar-refractivity contribution in [2.24, 2.45) is 0 Å². The highest BCUT2D eigenvalue weighted by molar-refractivity contribution is 7.47. The van der Waals surface area contributed by atoms with Gasteiger partial charge in [0, 0.05) is 12.8 Å². The number of ether oxygens (including phenoxy) is 2. The number of phosphoric acid groups is 1. The van der Waals surface area contributed by atoms with E-state index in [1.54, 1.807) is 0 Å². The molecule has 0 bridgehead atoms. The molecule has 0 aromatic heterocycles. The van der Waals surface area contributed by atoms with Crippen molar-refractivity contribution >= 4 is 19.8 Å². The molecule has 0 aliphatic heterocycles. The molecule has 0 radical (unpaired) electrons. The van der Waals surface area contributed by atoms with Gasteiger partial charge in [-0.1, -0.05) is 369 Å². The number of hydrogen-bond donors (Lipinski definition) is 1. The monoisotopic (exact) mass is 1430 g/mol. The Bertz CT molecular complexity index is 2390. The van der Waals surface area contributed by atoms with Gasteiger partial charge < -0.3 is 18.9 Å². The zero-order valence-electron chi connectivity index (χ0n) is 66.3. The molecule has 0 rings (SSSR count). The second-order valence-corrected chi connectivity index (χ2v) is 29.8. The van der Waals surface area contributed by atoms with E-state index in [2.05, 4.69) is 196 Å². The molecule has 0 spiro atoms. The van der Waals surface area contributed by atoms with Crippen molar-refractivity contribution in [3.05, 3.63) is 182 Å². The molecule has 0 saturated heterocycles. The summed E-state index contributed by atoms with van der Waals surface area (Å²) in [5, 5.41) is 0. The summed E-state index contributed by atoms with van der Waals surface area (Å²) in [6, 6.07) is 0. The number of carbonyl (C=O) groups is 2. The Morgan fingerprint density at radius 3 is 0.784 bits per heavy atom. The molecule has 10 heteroatoms. The Morgan fingerprint density at radius 1 is 0.304 bits per heavy atom. The van der Waals surface area contributed by atoms with Gasteiger partial charge in [0.2, 0.25) is 0 Å². The molecular formula is C92H155NO8P+. The first kappa shape index (κ1) is 97.1. The summed E-state index contributed by atoms with van der Waals surface area (Å²) in [5.41, 5.74) is 0. The highest BCUT2D eigenvalue weighted by Crippen LogP contribution is 2.43. The van der Waals surface area contributed by atoms with E-state index in [0.717, 1.165) is 148 Å². The molecule has 0 saturated carbocycles. The van der Waals surface area contributed by atoms with Crippen molar-refractivity contribution in [3.63, 3.8) is 0 Å². The second kappa shape index (κ2) is 80.2. The van der Waals surface area contributed by atoms with E-state index in [1.807, 2.05) is 21.1 Å². The third kappa shape index (κ3) is 84.1. The molecule has 0 amide bonds. The van der Waals surface area contributed by atoms with Crippen molar-refractivity contribution < 1.29 is 42.1 Å². The summed E-state index contributed by atoms with van der Waals surface area (Å²) in [7, 11) is 1.45. The van der Waals surface area contributed by atoms with Gasteiger partial charge in [-0.3, -0.25) is 18.6 Å². The SMILES string of the molecule is CC/C=C\C/C=C\C/C=C\C/C=C\C/C=C\C/C=C\C/C=C\C/C=C\C/C=C\C/C=C\C/C=C\CCCCCCCC(=O)OC(COC(=O)CCCCCCCCCCCCCCCCCCCCCCCCCCCC/C=C\C/C=C\C/C=C\C/C=C\CC)COP(=O)(O)OCC[N+](C)(C)C. The maximum absolute atomic E-state index is 12.9. The third-order valence-corrected chi connectivity index (χ3v) is 18.4.